The van der Waals surface area contributed by atoms with Gasteiger partial charge in [-0.15, -0.1) is 0 Å². The fourth-order valence-electron chi connectivity index (χ4n) is 3.25. The number of fused-ring (bicyclic) bond motifs is 1. The Morgan fingerprint density at radius 1 is 1.29 bits per heavy atom. The first-order valence-corrected chi connectivity index (χ1v) is 8.79. The van der Waals surface area contributed by atoms with Gasteiger partial charge in [0.05, 0.1) is 41.7 Å². The predicted molar refractivity (Wildman–Crippen MR) is 102 cm³/mol. The van der Waals surface area contributed by atoms with Crippen LogP contribution < -0.4 is 10.2 Å². The number of hydrogen-bond donors (Lipinski definition) is 1. The van der Waals surface area contributed by atoms with Crippen molar-refractivity contribution in [2.45, 2.75) is 6.92 Å². The smallest absolute Gasteiger partial charge is 0.395 e. The molecule has 1 aliphatic rings. The minimum Gasteiger partial charge on any atom is -0.395 e. The van der Waals surface area contributed by atoms with Crippen LogP contribution >= 0.6 is 0 Å². The molecule has 1 saturated heterocycles. The van der Waals surface area contributed by atoms with Crippen LogP contribution in [-0.4, -0.2) is 46.7 Å². The number of morpholine rings is 1. The highest BCUT2D eigenvalue weighted by Gasteiger charge is 2.22. The van der Waals surface area contributed by atoms with Crippen molar-refractivity contribution in [3.05, 3.63) is 46.0 Å². The van der Waals surface area contributed by atoms with Crippen LogP contribution in [0, 0.1) is 17.0 Å². The largest absolute Gasteiger partial charge is 0.433 e. The molecular weight excluding hydrogens is 366 g/mol. The van der Waals surface area contributed by atoms with Crippen molar-refractivity contribution in [2.75, 3.05) is 36.5 Å². The average Bonchev–Trinajstić information content (AvgIpc) is 3.28. The van der Waals surface area contributed by atoms with Crippen LogP contribution in [0.3, 0.4) is 0 Å². The van der Waals surface area contributed by atoms with Gasteiger partial charge in [0, 0.05) is 20.1 Å². The third-order valence-corrected chi connectivity index (χ3v) is 4.82. The molecule has 28 heavy (non-hydrogen) atoms. The molecule has 1 fully saturated rings. The molecule has 10 heteroatoms. The number of aromatic nitrogens is 2. The number of benzene rings is 1. The van der Waals surface area contributed by atoms with E-state index in [4.69, 9.17) is 9.15 Å². The van der Waals surface area contributed by atoms with Crippen molar-refractivity contribution in [1.82, 2.24) is 9.55 Å². The molecule has 0 spiro atoms. The lowest BCUT2D eigenvalue weighted by atomic mass is 10.2. The van der Waals surface area contributed by atoms with Crippen LogP contribution in [0.15, 0.2) is 28.7 Å². The maximum absolute atomic E-state index is 12.6. The standard InChI is InChI=1S/C18H19N5O5/c1-11-19-12-9-13(20-18(24)16-3-4-17(28-16)23(25)26)15(10-14(12)21(11)2)22-5-7-27-8-6-22/h3-4,9-10H,5-8H2,1-2H3,(H,20,24). The quantitative estimate of drug-likeness (QED) is 0.542. The molecule has 146 valence electrons. The van der Waals surface area contributed by atoms with Crippen LogP contribution in [0.2, 0.25) is 0 Å². The second kappa shape index (κ2) is 6.97. The molecule has 2 aromatic heterocycles. The summed E-state index contributed by atoms with van der Waals surface area (Å²) in [6.07, 6.45) is 0. The van der Waals surface area contributed by atoms with E-state index in [2.05, 4.69) is 15.2 Å². The van der Waals surface area contributed by atoms with Gasteiger partial charge in [0.2, 0.25) is 0 Å². The number of imidazole rings is 1. The number of hydrogen-bond acceptors (Lipinski definition) is 7. The zero-order chi connectivity index (χ0) is 19.8. The van der Waals surface area contributed by atoms with Crippen molar-refractivity contribution in [2.24, 2.45) is 7.05 Å². The Hall–Kier alpha value is -3.40. The van der Waals surface area contributed by atoms with Gasteiger partial charge in [0.25, 0.3) is 5.91 Å². The maximum Gasteiger partial charge on any atom is 0.433 e. The van der Waals surface area contributed by atoms with Crippen molar-refractivity contribution in [1.29, 1.82) is 0 Å². The Balaban J connectivity index is 1.72. The van der Waals surface area contributed by atoms with Crippen LogP contribution in [-0.2, 0) is 11.8 Å². The molecule has 0 atom stereocenters. The Bertz CT molecular complexity index is 1060. The molecular formula is C18H19N5O5. The lowest BCUT2D eigenvalue weighted by molar-refractivity contribution is -0.402. The number of furan rings is 1. The number of nitrogens with zero attached hydrogens (tertiary/aromatic N) is 4. The summed E-state index contributed by atoms with van der Waals surface area (Å²) in [6.45, 7) is 4.49. The van der Waals surface area contributed by atoms with Gasteiger partial charge in [-0.05, 0) is 25.1 Å². The van der Waals surface area contributed by atoms with E-state index in [-0.39, 0.29) is 5.76 Å². The van der Waals surface area contributed by atoms with E-state index >= 15 is 0 Å². The minimum atomic E-state index is -0.682. The molecule has 0 saturated carbocycles. The fourth-order valence-corrected chi connectivity index (χ4v) is 3.25. The molecule has 1 aliphatic heterocycles. The summed E-state index contributed by atoms with van der Waals surface area (Å²) in [4.78, 5) is 29.4. The minimum absolute atomic E-state index is 0.128. The maximum atomic E-state index is 12.6. The summed E-state index contributed by atoms with van der Waals surface area (Å²) in [5.74, 6) is -0.311. The highest BCUT2D eigenvalue weighted by Crippen LogP contribution is 2.32. The van der Waals surface area contributed by atoms with Gasteiger partial charge in [-0.2, -0.15) is 0 Å². The Kier molecular flexibility index (Phi) is 4.47. The van der Waals surface area contributed by atoms with Crippen molar-refractivity contribution in [3.63, 3.8) is 0 Å². The van der Waals surface area contributed by atoms with E-state index in [0.29, 0.717) is 32.0 Å². The molecule has 1 N–H and O–H groups in total. The zero-order valence-corrected chi connectivity index (χ0v) is 15.5. The molecule has 0 unspecified atom stereocenters. The van der Waals surface area contributed by atoms with Gasteiger partial charge < -0.3 is 23.9 Å². The van der Waals surface area contributed by atoms with Gasteiger partial charge in [-0.3, -0.25) is 14.9 Å². The predicted octanol–water partition coefficient (Wildman–Crippen LogP) is 2.47. The number of aryl methyl sites for hydroxylation is 2. The summed E-state index contributed by atoms with van der Waals surface area (Å²) in [5, 5.41) is 13.6. The number of nitrogens with one attached hydrogen (secondary N) is 1. The van der Waals surface area contributed by atoms with Crippen molar-refractivity contribution in [3.8, 4) is 0 Å². The second-order valence-corrected chi connectivity index (χ2v) is 6.52. The first-order chi connectivity index (χ1) is 13.4. The molecule has 3 heterocycles. The van der Waals surface area contributed by atoms with E-state index in [9.17, 15) is 14.9 Å². The summed E-state index contributed by atoms with van der Waals surface area (Å²) >= 11 is 0. The second-order valence-electron chi connectivity index (χ2n) is 6.52. The third kappa shape index (κ3) is 3.18. The summed E-state index contributed by atoms with van der Waals surface area (Å²) in [6, 6.07) is 6.23. The number of amides is 1. The molecule has 10 nitrogen and oxygen atoms in total. The van der Waals surface area contributed by atoms with Crippen LogP contribution in [0.4, 0.5) is 17.3 Å². The number of ether oxygens (including phenoxy) is 1. The van der Waals surface area contributed by atoms with E-state index < -0.39 is 16.7 Å². The summed E-state index contributed by atoms with van der Waals surface area (Å²) in [5.41, 5.74) is 3.10. The summed E-state index contributed by atoms with van der Waals surface area (Å²) < 4.78 is 12.4. The lowest BCUT2D eigenvalue weighted by Gasteiger charge is -2.30. The summed E-state index contributed by atoms with van der Waals surface area (Å²) in [7, 11) is 1.94. The van der Waals surface area contributed by atoms with Crippen LogP contribution in [0.25, 0.3) is 11.0 Å². The fraction of sp³-hybridized carbons (Fsp3) is 0.333. The topological polar surface area (TPSA) is 116 Å². The molecule has 1 amide bonds. The van der Waals surface area contributed by atoms with E-state index in [1.54, 1.807) is 0 Å². The normalized spacial score (nSPS) is 14.4. The van der Waals surface area contributed by atoms with E-state index in [1.165, 1.54) is 6.07 Å². The van der Waals surface area contributed by atoms with E-state index in [1.807, 2.05) is 30.7 Å². The Morgan fingerprint density at radius 3 is 2.71 bits per heavy atom. The van der Waals surface area contributed by atoms with E-state index in [0.717, 1.165) is 28.6 Å². The molecule has 3 aromatic rings. The molecule has 0 bridgehead atoms. The first kappa shape index (κ1) is 18.0. The average molecular weight is 385 g/mol. The van der Waals surface area contributed by atoms with Crippen LogP contribution in [0.1, 0.15) is 16.4 Å². The van der Waals surface area contributed by atoms with Crippen LogP contribution in [0.5, 0.6) is 0 Å². The highest BCUT2D eigenvalue weighted by molar-refractivity contribution is 6.06. The number of carbonyl (C=O) groups excluding carboxylic acids is 1. The van der Waals surface area contributed by atoms with Gasteiger partial charge in [0.15, 0.2) is 5.76 Å². The SMILES string of the molecule is Cc1nc2cc(NC(=O)c3ccc([N+](=O)[O-])o3)c(N3CCOCC3)cc2n1C. The number of carbonyl (C=O) groups is 1. The molecule has 0 aliphatic carbocycles. The third-order valence-electron chi connectivity index (χ3n) is 4.82. The lowest BCUT2D eigenvalue weighted by Crippen LogP contribution is -2.36. The van der Waals surface area contributed by atoms with Crippen molar-refractivity contribution < 1.29 is 18.9 Å². The zero-order valence-electron chi connectivity index (χ0n) is 15.5. The molecule has 0 radical (unpaired) electrons. The van der Waals surface area contributed by atoms with Gasteiger partial charge in [-0.25, -0.2) is 4.98 Å². The monoisotopic (exact) mass is 385 g/mol. The van der Waals surface area contributed by atoms with Gasteiger partial charge >= 0.3 is 5.88 Å². The van der Waals surface area contributed by atoms with Crippen molar-refractivity contribution >= 4 is 34.2 Å². The molecule has 4 rings (SSSR count). The Morgan fingerprint density at radius 2 is 2.04 bits per heavy atom. The number of anilines is 2. The molecule has 1 aromatic carbocycles. The number of rotatable bonds is 4. The highest BCUT2D eigenvalue weighted by atomic mass is 16.6. The van der Waals surface area contributed by atoms with Gasteiger partial charge in [-0.1, -0.05) is 0 Å². The number of nitro groups is 1. The Labute approximate surface area is 159 Å². The van der Waals surface area contributed by atoms with Gasteiger partial charge in [0.1, 0.15) is 10.7 Å². The first-order valence-electron chi connectivity index (χ1n) is 8.79.